The van der Waals surface area contributed by atoms with Crippen molar-refractivity contribution in [2.45, 2.75) is 20.3 Å². The molecule has 0 spiro atoms. The predicted octanol–water partition coefficient (Wildman–Crippen LogP) is 3.04. The number of hydrogen-bond donors (Lipinski definition) is 1. The van der Waals surface area contributed by atoms with Crippen molar-refractivity contribution in [1.29, 1.82) is 0 Å². The molecule has 0 saturated carbocycles. The number of benzene rings is 1. The van der Waals surface area contributed by atoms with Crippen LogP contribution in [0, 0.1) is 23.5 Å². The van der Waals surface area contributed by atoms with Gasteiger partial charge in [-0.05, 0) is 43.5 Å². The maximum Gasteiger partial charge on any atom is 0.160 e. The van der Waals surface area contributed by atoms with Gasteiger partial charge in [-0.25, -0.2) is 8.78 Å². The second kappa shape index (κ2) is 6.33. The van der Waals surface area contributed by atoms with Crippen LogP contribution in [0.15, 0.2) is 18.2 Å². The fourth-order valence-corrected chi connectivity index (χ4v) is 2.49. The minimum absolute atomic E-state index is 0.590. The summed E-state index contributed by atoms with van der Waals surface area (Å²) in [5.74, 6) is -0.299. The molecule has 1 aromatic carbocycles. The van der Waals surface area contributed by atoms with Gasteiger partial charge in [-0.1, -0.05) is 13.8 Å². The molecule has 19 heavy (non-hydrogen) atoms. The standard InChI is InChI=1S/C15H22F2N2/c1-11(2)8-18-9-12-5-6-19(10-12)13-3-4-14(16)15(17)7-13/h3-4,7,11-12,18H,5-6,8-10H2,1-2H3. The Morgan fingerprint density at radius 2 is 2.11 bits per heavy atom. The van der Waals surface area contributed by atoms with E-state index in [1.165, 1.54) is 12.1 Å². The van der Waals surface area contributed by atoms with E-state index in [1.54, 1.807) is 6.07 Å². The van der Waals surface area contributed by atoms with Crippen LogP contribution in [0.5, 0.6) is 0 Å². The first-order valence-electron chi connectivity index (χ1n) is 6.97. The molecule has 0 aromatic heterocycles. The minimum atomic E-state index is -0.780. The second-order valence-electron chi connectivity index (χ2n) is 5.75. The number of hydrogen-bond acceptors (Lipinski definition) is 2. The summed E-state index contributed by atoms with van der Waals surface area (Å²) in [5.41, 5.74) is 0.783. The van der Waals surface area contributed by atoms with Crippen LogP contribution < -0.4 is 10.2 Å². The minimum Gasteiger partial charge on any atom is -0.371 e. The molecule has 0 amide bonds. The molecule has 1 N–H and O–H groups in total. The van der Waals surface area contributed by atoms with Crippen molar-refractivity contribution < 1.29 is 8.78 Å². The van der Waals surface area contributed by atoms with Gasteiger partial charge in [0, 0.05) is 24.8 Å². The molecule has 0 bridgehead atoms. The fraction of sp³-hybridized carbons (Fsp3) is 0.600. The highest BCUT2D eigenvalue weighted by molar-refractivity contribution is 5.47. The maximum absolute atomic E-state index is 13.2. The molecule has 1 aliphatic rings. The summed E-state index contributed by atoms with van der Waals surface area (Å²) in [5, 5.41) is 3.46. The zero-order valence-corrected chi connectivity index (χ0v) is 11.6. The monoisotopic (exact) mass is 268 g/mol. The van der Waals surface area contributed by atoms with Gasteiger partial charge in [-0.3, -0.25) is 0 Å². The Morgan fingerprint density at radius 1 is 1.32 bits per heavy atom. The van der Waals surface area contributed by atoms with Gasteiger partial charge in [0.2, 0.25) is 0 Å². The fourth-order valence-electron chi connectivity index (χ4n) is 2.49. The van der Waals surface area contributed by atoms with Crippen LogP contribution in [-0.4, -0.2) is 26.2 Å². The summed E-state index contributed by atoms with van der Waals surface area (Å²) < 4.78 is 26.1. The average molecular weight is 268 g/mol. The van der Waals surface area contributed by atoms with Crippen molar-refractivity contribution in [2.75, 3.05) is 31.1 Å². The van der Waals surface area contributed by atoms with Gasteiger partial charge in [0.15, 0.2) is 11.6 Å². The normalized spacial score (nSPS) is 19.4. The smallest absolute Gasteiger partial charge is 0.160 e. The molecule has 1 aromatic rings. The molecule has 1 fully saturated rings. The van der Waals surface area contributed by atoms with E-state index in [0.29, 0.717) is 11.8 Å². The van der Waals surface area contributed by atoms with Crippen LogP contribution in [0.1, 0.15) is 20.3 Å². The third kappa shape index (κ3) is 3.90. The quantitative estimate of drug-likeness (QED) is 0.883. The van der Waals surface area contributed by atoms with E-state index in [9.17, 15) is 8.78 Å². The number of anilines is 1. The molecule has 2 rings (SSSR count). The zero-order chi connectivity index (χ0) is 13.8. The topological polar surface area (TPSA) is 15.3 Å². The van der Waals surface area contributed by atoms with Gasteiger partial charge >= 0.3 is 0 Å². The molecule has 1 saturated heterocycles. The van der Waals surface area contributed by atoms with Crippen molar-refractivity contribution in [1.82, 2.24) is 5.32 Å². The maximum atomic E-state index is 13.2. The van der Waals surface area contributed by atoms with Gasteiger partial charge in [0.05, 0.1) is 0 Å². The third-order valence-electron chi connectivity index (χ3n) is 3.54. The molecular formula is C15H22F2N2. The molecule has 1 unspecified atom stereocenters. The highest BCUT2D eigenvalue weighted by Gasteiger charge is 2.23. The number of nitrogens with one attached hydrogen (secondary N) is 1. The van der Waals surface area contributed by atoms with Crippen LogP contribution in [0.25, 0.3) is 0 Å². The number of rotatable bonds is 5. The summed E-state index contributed by atoms with van der Waals surface area (Å²) in [6, 6.07) is 4.15. The summed E-state index contributed by atoms with van der Waals surface area (Å²) in [6.45, 7) is 8.24. The number of nitrogens with zero attached hydrogens (tertiary/aromatic N) is 1. The van der Waals surface area contributed by atoms with E-state index in [0.717, 1.165) is 38.3 Å². The molecule has 2 nitrogen and oxygen atoms in total. The lowest BCUT2D eigenvalue weighted by molar-refractivity contribution is 0.477. The number of halogens is 2. The lowest BCUT2D eigenvalue weighted by Gasteiger charge is -2.19. The molecule has 1 aliphatic heterocycles. The van der Waals surface area contributed by atoms with E-state index in [-0.39, 0.29) is 0 Å². The summed E-state index contributed by atoms with van der Waals surface area (Å²) in [6.07, 6.45) is 1.10. The van der Waals surface area contributed by atoms with E-state index in [4.69, 9.17) is 0 Å². The molecule has 0 aliphatic carbocycles. The van der Waals surface area contributed by atoms with Gasteiger partial charge in [0.1, 0.15) is 0 Å². The second-order valence-corrected chi connectivity index (χ2v) is 5.75. The van der Waals surface area contributed by atoms with Crippen molar-refractivity contribution in [3.63, 3.8) is 0 Å². The van der Waals surface area contributed by atoms with E-state index in [1.807, 2.05) is 0 Å². The Labute approximate surface area is 113 Å². The largest absolute Gasteiger partial charge is 0.371 e. The van der Waals surface area contributed by atoms with Crippen LogP contribution in [0.4, 0.5) is 14.5 Å². The molecule has 0 radical (unpaired) electrons. The van der Waals surface area contributed by atoms with Crippen molar-refractivity contribution in [3.05, 3.63) is 29.8 Å². The summed E-state index contributed by atoms with van der Waals surface area (Å²) in [4.78, 5) is 2.13. The van der Waals surface area contributed by atoms with E-state index < -0.39 is 11.6 Å². The Bertz CT molecular complexity index is 421. The van der Waals surface area contributed by atoms with Crippen LogP contribution in [-0.2, 0) is 0 Å². The molecule has 106 valence electrons. The summed E-state index contributed by atoms with van der Waals surface area (Å²) >= 11 is 0. The highest BCUT2D eigenvalue weighted by Crippen LogP contribution is 2.24. The first kappa shape index (κ1) is 14.3. The third-order valence-corrected chi connectivity index (χ3v) is 3.54. The van der Waals surface area contributed by atoms with Gasteiger partial charge in [0.25, 0.3) is 0 Å². The molecule has 1 atom stereocenters. The van der Waals surface area contributed by atoms with E-state index in [2.05, 4.69) is 24.1 Å². The molecule has 1 heterocycles. The Morgan fingerprint density at radius 3 is 2.79 bits per heavy atom. The Hall–Kier alpha value is -1.16. The van der Waals surface area contributed by atoms with Crippen LogP contribution in [0.3, 0.4) is 0 Å². The first-order valence-corrected chi connectivity index (χ1v) is 6.97. The lowest BCUT2D eigenvalue weighted by atomic mass is 10.1. The van der Waals surface area contributed by atoms with Crippen molar-refractivity contribution in [2.24, 2.45) is 11.8 Å². The van der Waals surface area contributed by atoms with E-state index >= 15 is 0 Å². The van der Waals surface area contributed by atoms with Gasteiger partial charge < -0.3 is 10.2 Å². The van der Waals surface area contributed by atoms with Gasteiger partial charge in [-0.15, -0.1) is 0 Å². The van der Waals surface area contributed by atoms with Crippen LogP contribution >= 0.6 is 0 Å². The van der Waals surface area contributed by atoms with Crippen LogP contribution in [0.2, 0.25) is 0 Å². The van der Waals surface area contributed by atoms with Gasteiger partial charge in [-0.2, -0.15) is 0 Å². The zero-order valence-electron chi connectivity index (χ0n) is 11.6. The predicted molar refractivity (Wildman–Crippen MR) is 74.4 cm³/mol. The summed E-state index contributed by atoms with van der Waals surface area (Å²) in [7, 11) is 0. The molecular weight excluding hydrogens is 246 g/mol. The molecule has 4 heteroatoms. The van der Waals surface area contributed by atoms with Crippen molar-refractivity contribution >= 4 is 5.69 Å². The average Bonchev–Trinajstić information content (AvgIpc) is 2.81. The first-order chi connectivity index (χ1) is 9.06. The Balaban J connectivity index is 1.85. The highest BCUT2D eigenvalue weighted by atomic mass is 19.2. The SMILES string of the molecule is CC(C)CNCC1CCN(c2ccc(F)c(F)c2)C1. The lowest BCUT2D eigenvalue weighted by Crippen LogP contribution is -2.28. The Kier molecular flexibility index (Phi) is 4.75. The van der Waals surface area contributed by atoms with Crippen molar-refractivity contribution in [3.8, 4) is 0 Å².